The van der Waals surface area contributed by atoms with Crippen molar-refractivity contribution in [1.82, 2.24) is 35.4 Å². The minimum absolute atomic E-state index is 0.102. The molecule has 54 heavy (non-hydrogen) atoms. The molecule has 0 aliphatic carbocycles. The summed E-state index contributed by atoms with van der Waals surface area (Å²) in [4.78, 5) is 84.0. The Kier molecular flexibility index (Phi) is 13.4. The molecule has 7 amide bonds. The molecular weight excluding hydrogens is 718 g/mol. The van der Waals surface area contributed by atoms with Gasteiger partial charge in [-0.3, -0.25) is 24.0 Å². The molecule has 5 N–H and O–H groups in total. The first-order valence-corrected chi connectivity index (χ1v) is 18.9. The van der Waals surface area contributed by atoms with Crippen LogP contribution in [0.15, 0.2) is 48.5 Å². The first-order valence-electron chi connectivity index (χ1n) is 18.2. The summed E-state index contributed by atoms with van der Waals surface area (Å²) in [6.45, 7) is 8.80. The second-order valence-electron chi connectivity index (χ2n) is 14.1. The summed E-state index contributed by atoms with van der Waals surface area (Å²) < 4.78 is 18.9. The Morgan fingerprint density at radius 2 is 1.44 bits per heavy atom. The highest BCUT2D eigenvalue weighted by Gasteiger charge is 2.41. The second-order valence-corrected chi connectivity index (χ2v) is 14.9. The molecule has 1 aromatic heterocycles. The number of anilines is 2. The summed E-state index contributed by atoms with van der Waals surface area (Å²) in [6.07, 6.45) is 1.20. The van der Waals surface area contributed by atoms with E-state index in [0.29, 0.717) is 51.3 Å². The molecule has 3 aromatic rings. The Morgan fingerprint density at radius 3 is 2.11 bits per heavy atom. The van der Waals surface area contributed by atoms with Gasteiger partial charge < -0.3 is 41.3 Å². The van der Waals surface area contributed by atoms with Crippen LogP contribution in [0.1, 0.15) is 40.5 Å². The number of nitrogens with one attached hydrogen (secondary N) is 5. The molecule has 2 saturated heterocycles. The van der Waals surface area contributed by atoms with Gasteiger partial charge in [-0.25, -0.2) is 9.18 Å². The van der Waals surface area contributed by atoms with Crippen LogP contribution in [-0.2, 0) is 24.0 Å². The van der Waals surface area contributed by atoms with Gasteiger partial charge in [0.2, 0.25) is 29.5 Å². The van der Waals surface area contributed by atoms with Crippen molar-refractivity contribution in [1.29, 1.82) is 0 Å². The number of halogens is 1. The smallest absolute Gasteiger partial charge is 0.319 e. The number of piperazine rings is 1. The van der Waals surface area contributed by atoms with E-state index in [1.807, 2.05) is 23.1 Å². The van der Waals surface area contributed by atoms with Gasteiger partial charge >= 0.3 is 6.03 Å². The van der Waals surface area contributed by atoms with Crippen LogP contribution in [0.25, 0.3) is 10.1 Å². The normalized spacial score (nSPS) is 16.9. The third-order valence-corrected chi connectivity index (χ3v) is 10.3. The lowest BCUT2D eigenvalue weighted by Gasteiger charge is -2.38. The van der Waals surface area contributed by atoms with Gasteiger partial charge in [-0.1, -0.05) is 39.8 Å². The van der Waals surface area contributed by atoms with Crippen LogP contribution in [0.5, 0.6) is 0 Å². The first kappa shape index (κ1) is 39.9. The molecule has 0 bridgehead atoms. The maximum absolute atomic E-state index is 13.9. The Balaban J connectivity index is 1.09. The van der Waals surface area contributed by atoms with Crippen molar-refractivity contribution in [3.8, 4) is 0 Å². The molecule has 2 aliphatic rings. The number of amides is 7. The molecule has 3 heterocycles. The van der Waals surface area contributed by atoms with Crippen molar-refractivity contribution in [3.63, 3.8) is 0 Å². The SMILES string of the molecule is CC(C)[C@H](NC(=O)CNC(=O)Nc1ccc(F)cc1)C(=O)NCC(=O)N[C@H](C(=O)N1CCC[C@H]1C(=O)N1CCN(c2nsc3ccccc23)CC1)C(C)C. The van der Waals surface area contributed by atoms with Crippen molar-refractivity contribution in [2.45, 2.75) is 58.7 Å². The van der Waals surface area contributed by atoms with Gasteiger partial charge in [-0.05, 0) is 72.6 Å². The molecular formula is C37H48FN9O6S. The number of rotatable bonds is 13. The predicted molar refractivity (Wildman–Crippen MR) is 203 cm³/mol. The van der Waals surface area contributed by atoms with Crippen LogP contribution in [0, 0.1) is 17.7 Å². The molecule has 0 unspecified atom stereocenters. The predicted octanol–water partition coefficient (Wildman–Crippen LogP) is 2.29. The Hall–Kier alpha value is -5.32. The summed E-state index contributed by atoms with van der Waals surface area (Å²) in [6, 6.07) is 9.89. The third kappa shape index (κ3) is 10.0. The van der Waals surface area contributed by atoms with Crippen molar-refractivity contribution in [2.75, 3.05) is 56.0 Å². The zero-order chi connectivity index (χ0) is 38.9. The zero-order valence-corrected chi connectivity index (χ0v) is 31.7. The molecule has 15 nitrogen and oxygen atoms in total. The van der Waals surface area contributed by atoms with E-state index in [0.717, 1.165) is 15.9 Å². The van der Waals surface area contributed by atoms with E-state index in [4.69, 9.17) is 0 Å². The largest absolute Gasteiger partial charge is 0.352 e. The number of benzene rings is 2. The fourth-order valence-corrected chi connectivity index (χ4v) is 7.36. The summed E-state index contributed by atoms with van der Waals surface area (Å²) in [5.41, 5.74) is 0.327. The summed E-state index contributed by atoms with van der Waals surface area (Å²) in [5, 5.41) is 13.8. The summed E-state index contributed by atoms with van der Waals surface area (Å²) in [5.74, 6) is -2.52. The average Bonchev–Trinajstić information content (AvgIpc) is 3.83. The van der Waals surface area contributed by atoms with Gasteiger partial charge in [0.1, 0.15) is 29.8 Å². The van der Waals surface area contributed by atoms with Crippen LogP contribution in [-0.4, -0.2) is 114 Å². The molecule has 17 heteroatoms. The van der Waals surface area contributed by atoms with Crippen molar-refractivity contribution >= 4 is 68.7 Å². The summed E-state index contributed by atoms with van der Waals surface area (Å²) in [7, 11) is 0. The average molecular weight is 766 g/mol. The molecule has 2 fully saturated rings. The first-order chi connectivity index (χ1) is 25.8. The highest BCUT2D eigenvalue weighted by atomic mass is 32.1. The molecule has 3 atom stereocenters. The number of likely N-dealkylation sites (tertiary alicyclic amines) is 1. The van der Waals surface area contributed by atoms with Crippen LogP contribution in [0.3, 0.4) is 0 Å². The van der Waals surface area contributed by atoms with E-state index in [1.54, 1.807) is 32.6 Å². The Labute approximate surface area is 317 Å². The fourth-order valence-electron chi connectivity index (χ4n) is 6.56. The maximum atomic E-state index is 13.9. The fraction of sp³-hybridized carbons (Fsp3) is 0.486. The van der Waals surface area contributed by atoms with E-state index < -0.39 is 60.8 Å². The second kappa shape index (κ2) is 18.1. The van der Waals surface area contributed by atoms with E-state index in [1.165, 1.54) is 35.8 Å². The molecule has 290 valence electrons. The number of urea groups is 1. The lowest BCUT2D eigenvalue weighted by atomic mass is 10.0. The molecule has 0 saturated carbocycles. The molecule has 0 radical (unpaired) electrons. The van der Waals surface area contributed by atoms with Crippen LogP contribution in [0.4, 0.5) is 20.7 Å². The van der Waals surface area contributed by atoms with E-state index in [-0.39, 0.29) is 23.7 Å². The number of fused-ring (bicyclic) bond motifs is 1. The van der Waals surface area contributed by atoms with Crippen LogP contribution < -0.4 is 31.5 Å². The zero-order valence-electron chi connectivity index (χ0n) is 30.9. The number of carbonyl (C=O) groups excluding carboxylic acids is 6. The molecule has 2 aromatic carbocycles. The quantitative estimate of drug-likeness (QED) is 0.176. The summed E-state index contributed by atoms with van der Waals surface area (Å²) >= 11 is 1.46. The van der Waals surface area contributed by atoms with Gasteiger partial charge in [0, 0.05) is 43.8 Å². The van der Waals surface area contributed by atoms with Crippen LogP contribution in [0.2, 0.25) is 0 Å². The highest BCUT2D eigenvalue weighted by Crippen LogP contribution is 2.30. The van der Waals surface area contributed by atoms with Gasteiger partial charge in [0.25, 0.3) is 0 Å². The van der Waals surface area contributed by atoms with Crippen molar-refractivity contribution in [2.24, 2.45) is 11.8 Å². The standard InChI is InChI=1S/C37H48FN9O6S/c1-22(2)31(42-30(49)21-40-37(53)41-25-13-11-24(38)12-14-25)34(50)39-20-29(48)43-32(23(3)4)36(52)47-15-7-9-27(47)35(51)46-18-16-45(17-19-46)33-26-8-5-6-10-28(26)54-44-33/h5-6,8,10-14,22-23,27,31-32H,7,9,15-21H2,1-4H3,(H,39,50)(H,42,49)(H,43,48)(H2,40,41,53)/t27-,31-,32-/m0/s1. The van der Waals surface area contributed by atoms with E-state index in [9.17, 15) is 33.2 Å². The lowest BCUT2D eigenvalue weighted by Crippen LogP contribution is -2.58. The van der Waals surface area contributed by atoms with E-state index in [2.05, 4.69) is 41.9 Å². The lowest BCUT2D eigenvalue weighted by molar-refractivity contribution is -0.146. The molecule has 0 spiro atoms. The maximum Gasteiger partial charge on any atom is 0.319 e. The van der Waals surface area contributed by atoms with Crippen molar-refractivity contribution < 1.29 is 33.2 Å². The molecule has 5 rings (SSSR count). The van der Waals surface area contributed by atoms with Gasteiger partial charge in [-0.15, -0.1) is 0 Å². The number of carbonyl (C=O) groups is 6. The Bertz CT molecular complexity index is 1830. The minimum Gasteiger partial charge on any atom is -0.352 e. The van der Waals surface area contributed by atoms with Gasteiger partial charge in [0.15, 0.2) is 0 Å². The van der Waals surface area contributed by atoms with Gasteiger partial charge in [-0.2, -0.15) is 4.37 Å². The topological polar surface area (TPSA) is 185 Å². The third-order valence-electron chi connectivity index (χ3n) is 9.52. The van der Waals surface area contributed by atoms with Gasteiger partial charge in [0.05, 0.1) is 17.8 Å². The Morgan fingerprint density at radius 1 is 0.815 bits per heavy atom. The van der Waals surface area contributed by atoms with Crippen LogP contribution >= 0.6 is 11.5 Å². The monoisotopic (exact) mass is 765 g/mol. The highest BCUT2D eigenvalue weighted by molar-refractivity contribution is 7.13. The van der Waals surface area contributed by atoms with Crippen molar-refractivity contribution in [3.05, 3.63) is 54.3 Å². The molecule has 2 aliphatic heterocycles. The number of hydrogen-bond acceptors (Lipinski definition) is 9. The number of hydrogen-bond donors (Lipinski definition) is 5. The number of nitrogens with zero attached hydrogens (tertiary/aromatic N) is 4. The minimum atomic E-state index is -1.02. The number of aromatic nitrogens is 1. The van der Waals surface area contributed by atoms with E-state index >= 15 is 0 Å².